The van der Waals surface area contributed by atoms with Crippen LogP contribution in [0, 0.1) is 5.82 Å². The first kappa shape index (κ1) is 14.8. The van der Waals surface area contributed by atoms with Gasteiger partial charge < -0.3 is 4.98 Å². The molecule has 3 rings (SSSR count). The van der Waals surface area contributed by atoms with E-state index < -0.39 is 11.6 Å². The maximum Gasteiger partial charge on any atom is 0.267 e. The third kappa shape index (κ3) is 3.39. The van der Waals surface area contributed by atoms with Crippen LogP contribution in [0.2, 0.25) is 0 Å². The first-order valence-electron chi connectivity index (χ1n) is 6.96. The van der Waals surface area contributed by atoms with Crippen molar-refractivity contribution < 1.29 is 14.0 Å². The highest BCUT2D eigenvalue weighted by atomic mass is 19.1. The maximum absolute atomic E-state index is 13.6. The van der Waals surface area contributed by atoms with Crippen molar-refractivity contribution in [3.05, 3.63) is 71.3 Å². The number of nitrogens with one attached hydrogen (secondary N) is 2. The molecule has 3 aromatic rings. The van der Waals surface area contributed by atoms with Gasteiger partial charge >= 0.3 is 0 Å². The van der Waals surface area contributed by atoms with Crippen molar-refractivity contribution >= 4 is 11.6 Å². The van der Waals surface area contributed by atoms with Gasteiger partial charge in [-0.15, -0.1) is 5.10 Å². The Morgan fingerprint density at radius 3 is 2.78 bits per heavy atom. The Morgan fingerprint density at radius 2 is 2.04 bits per heavy atom. The summed E-state index contributed by atoms with van der Waals surface area (Å²) in [5.74, 6) is -1.76. The summed E-state index contributed by atoms with van der Waals surface area (Å²) in [6, 6.07) is 8.26. The number of ketones is 2. The Hall–Kier alpha value is -3.09. The van der Waals surface area contributed by atoms with E-state index in [-0.39, 0.29) is 18.1 Å². The molecule has 7 heteroatoms. The molecule has 0 aliphatic carbocycles. The van der Waals surface area contributed by atoms with Crippen LogP contribution in [-0.2, 0) is 17.6 Å². The summed E-state index contributed by atoms with van der Waals surface area (Å²) in [6.07, 6.45) is 3.27. The number of carbonyl (C=O) groups excluding carboxylic acids is 2. The molecule has 0 amide bonds. The summed E-state index contributed by atoms with van der Waals surface area (Å²) < 4.78 is 13.6. The van der Waals surface area contributed by atoms with Gasteiger partial charge in [0.05, 0.1) is 6.42 Å². The number of aromatic nitrogens is 4. The predicted molar refractivity (Wildman–Crippen MR) is 79.4 cm³/mol. The molecular formula is C16H13FN4O2. The van der Waals surface area contributed by atoms with Gasteiger partial charge in [0, 0.05) is 18.3 Å². The molecule has 0 aliphatic heterocycles. The van der Waals surface area contributed by atoms with Crippen LogP contribution in [0.25, 0.3) is 0 Å². The fourth-order valence-corrected chi connectivity index (χ4v) is 2.25. The zero-order valence-electron chi connectivity index (χ0n) is 12.0. The summed E-state index contributed by atoms with van der Waals surface area (Å²) in [5, 5.41) is 5.98. The highest BCUT2D eigenvalue weighted by Crippen LogP contribution is 2.14. The van der Waals surface area contributed by atoms with E-state index in [0.717, 1.165) is 5.56 Å². The van der Waals surface area contributed by atoms with Crippen LogP contribution in [0.1, 0.15) is 27.4 Å². The van der Waals surface area contributed by atoms with E-state index in [9.17, 15) is 14.0 Å². The molecule has 116 valence electrons. The number of benzene rings is 1. The molecule has 0 unspecified atom stereocenters. The average molecular weight is 312 g/mol. The Labute approximate surface area is 130 Å². The van der Waals surface area contributed by atoms with Crippen molar-refractivity contribution in [1.82, 2.24) is 20.2 Å². The molecule has 2 aromatic heterocycles. The molecule has 2 N–H and O–H groups in total. The van der Waals surface area contributed by atoms with Gasteiger partial charge in [-0.1, -0.05) is 18.2 Å². The van der Waals surface area contributed by atoms with Crippen molar-refractivity contribution in [3.63, 3.8) is 0 Å². The molecule has 0 atom stereocenters. The van der Waals surface area contributed by atoms with Gasteiger partial charge in [-0.2, -0.15) is 0 Å². The predicted octanol–water partition coefficient (Wildman–Crippen LogP) is 1.86. The molecule has 0 fully saturated rings. The molecule has 0 saturated carbocycles. The number of nitrogens with zero attached hydrogens (tertiary/aromatic N) is 2. The van der Waals surface area contributed by atoms with Crippen LogP contribution in [0.4, 0.5) is 4.39 Å². The first-order chi connectivity index (χ1) is 11.1. The van der Waals surface area contributed by atoms with E-state index in [0.29, 0.717) is 17.7 Å². The van der Waals surface area contributed by atoms with Crippen molar-refractivity contribution in [1.29, 1.82) is 0 Å². The molecule has 23 heavy (non-hydrogen) atoms. The topological polar surface area (TPSA) is 91.5 Å². The Morgan fingerprint density at radius 1 is 1.22 bits per heavy atom. The van der Waals surface area contributed by atoms with Crippen LogP contribution in [0.3, 0.4) is 0 Å². The lowest BCUT2D eigenvalue weighted by Gasteiger charge is -2.00. The van der Waals surface area contributed by atoms with Gasteiger partial charge in [0.2, 0.25) is 11.6 Å². The van der Waals surface area contributed by atoms with E-state index in [2.05, 4.69) is 20.2 Å². The highest BCUT2D eigenvalue weighted by molar-refractivity contribution is 6.43. The van der Waals surface area contributed by atoms with Gasteiger partial charge in [0.15, 0.2) is 0 Å². The van der Waals surface area contributed by atoms with E-state index in [1.165, 1.54) is 12.4 Å². The summed E-state index contributed by atoms with van der Waals surface area (Å²) in [4.78, 5) is 30.3. The van der Waals surface area contributed by atoms with E-state index in [1.807, 2.05) is 0 Å². The van der Waals surface area contributed by atoms with Gasteiger partial charge in [0.25, 0.3) is 5.78 Å². The van der Waals surface area contributed by atoms with Crippen molar-refractivity contribution in [2.24, 2.45) is 0 Å². The molecule has 2 heterocycles. The van der Waals surface area contributed by atoms with Gasteiger partial charge in [0.1, 0.15) is 12.1 Å². The van der Waals surface area contributed by atoms with Gasteiger partial charge in [-0.25, -0.2) is 9.37 Å². The van der Waals surface area contributed by atoms with Crippen molar-refractivity contribution in [2.75, 3.05) is 0 Å². The monoisotopic (exact) mass is 312 g/mol. The zero-order valence-corrected chi connectivity index (χ0v) is 12.0. The third-order valence-corrected chi connectivity index (χ3v) is 3.38. The molecular weight excluding hydrogens is 299 g/mol. The Kier molecular flexibility index (Phi) is 4.09. The quantitative estimate of drug-likeness (QED) is 0.537. The minimum absolute atomic E-state index is 0.0787. The summed E-state index contributed by atoms with van der Waals surface area (Å²) in [7, 11) is 0. The average Bonchev–Trinajstić information content (AvgIpc) is 3.21. The second kappa shape index (κ2) is 6.35. The number of aromatic amines is 2. The van der Waals surface area contributed by atoms with Crippen LogP contribution >= 0.6 is 0 Å². The van der Waals surface area contributed by atoms with Gasteiger partial charge in [-0.3, -0.25) is 14.7 Å². The lowest BCUT2D eigenvalue weighted by molar-refractivity contribution is -0.114. The first-order valence-corrected chi connectivity index (χ1v) is 6.96. The fourth-order valence-electron chi connectivity index (χ4n) is 2.25. The highest BCUT2D eigenvalue weighted by Gasteiger charge is 2.20. The molecule has 0 radical (unpaired) electrons. The molecule has 0 bridgehead atoms. The summed E-state index contributed by atoms with van der Waals surface area (Å²) >= 11 is 0. The minimum atomic E-state index is -0.739. The maximum atomic E-state index is 13.6. The zero-order chi connectivity index (χ0) is 16.2. The third-order valence-electron chi connectivity index (χ3n) is 3.38. The minimum Gasteiger partial charge on any atom is -0.364 e. The number of rotatable bonds is 6. The smallest absolute Gasteiger partial charge is 0.267 e. The van der Waals surface area contributed by atoms with Crippen LogP contribution in [-0.4, -0.2) is 31.7 Å². The normalized spacial score (nSPS) is 10.7. The number of H-pyrrole nitrogens is 2. The van der Waals surface area contributed by atoms with E-state index in [1.54, 1.807) is 30.5 Å². The largest absolute Gasteiger partial charge is 0.364 e. The van der Waals surface area contributed by atoms with Crippen LogP contribution < -0.4 is 0 Å². The molecule has 0 spiro atoms. The lowest BCUT2D eigenvalue weighted by atomic mass is 10.1. The Balaban J connectivity index is 1.67. The van der Waals surface area contributed by atoms with Crippen LogP contribution in [0.15, 0.2) is 42.9 Å². The number of carbonyl (C=O) groups is 2. The second-order valence-electron chi connectivity index (χ2n) is 5.05. The summed E-state index contributed by atoms with van der Waals surface area (Å²) in [5.41, 5.74) is 2.00. The second-order valence-corrected chi connectivity index (χ2v) is 5.05. The molecule has 6 nitrogen and oxygen atoms in total. The summed E-state index contributed by atoms with van der Waals surface area (Å²) in [6.45, 7) is 0. The number of Topliss-reactive ketones (excluding diaryl/α,β-unsaturated/α-hetero) is 2. The van der Waals surface area contributed by atoms with Gasteiger partial charge in [-0.05, 0) is 23.3 Å². The number of hydrogen-bond donors (Lipinski definition) is 2. The Bertz CT molecular complexity index is 839. The van der Waals surface area contributed by atoms with E-state index in [4.69, 9.17) is 0 Å². The van der Waals surface area contributed by atoms with E-state index >= 15 is 0 Å². The lowest BCUT2D eigenvalue weighted by Crippen LogP contribution is -2.18. The standard InChI is InChI=1S/C16H13FN4O2/c17-13-4-2-1-3-11(13)5-10-6-12(18-8-10)7-14(22)15(23)16-19-9-20-21-16/h1-4,6,8-9,18H,5,7H2,(H,19,20,21). The SMILES string of the molecule is O=C(Cc1cc(Cc2ccccc2F)c[nH]1)C(=O)c1nc[nH]n1. The molecule has 0 aliphatic rings. The number of halogens is 1. The molecule has 0 saturated heterocycles. The molecule has 1 aromatic carbocycles. The van der Waals surface area contributed by atoms with Crippen LogP contribution in [0.5, 0.6) is 0 Å². The fraction of sp³-hybridized carbons (Fsp3) is 0.125. The van der Waals surface area contributed by atoms with Crippen molar-refractivity contribution in [2.45, 2.75) is 12.8 Å². The number of hydrogen-bond acceptors (Lipinski definition) is 4. The van der Waals surface area contributed by atoms with Crippen molar-refractivity contribution in [3.8, 4) is 0 Å².